The van der Waals surface area contributed by atoms with Gasteiger partial charge in [0.05, 0.1) is 16.9 Å². The van der Waals surface area contributed by atoms with E-state index in [0.717, 1.165) is 10.1 Å². The number of nitrogens with zero attached hydrogens (tertiary/aromatic N) is 3. The highest BCUT2D eigenvalue weighted by atomic mass is 32.2. The Morgan fingerprint density at radius 3 is 2.37 bits per heavy atom. The van der Waals surface area contributed by atoms with Gasteiger partial charge in [-0.3, -0.25) is 23.3 Å². The Morgan fingerprint density at radius 2 is 1.74 bits per heavy atom. The van der Waals surface area contributed by atoms with E-state index in [1.54, 1.807) is 57.2 Å². The molecule has 200 valence electrons. The number of nitrogens with one attached hydrogen (secondary N) is 2. The van der Waals surface area contributed by atoms with Crippen LogP contribution in [0.5, 0.6) is 0 Å². The van der Waals surface area contributed by atoms with Gasteiger partial charge in [-0.15, -0.1) is 0 Å². The van der Waals surface area contributed by atoms with Crippen LogP contribution in [0.1, 0.15) is 31.9 Å². The number of benzene rings is 2. The summed E-state index contributed by atoms with van der Waals surface area (Å²) in [6.07, 6.45) is 0.649. The van der Waals surface area contributed by atoms with E-state index in [2.05, 4.69) is 10.0 Å². The topological polar surface area (TPSA) is 107 Å². The summed E-state index contributed by atoms with van der Waals surface area (Å²) in [7, 11) is 0.173. The predicted molar refractivity (Wildman–Crippen MR) is 151 cm³/mol. The molecule has 1 atom stereocenters. The molecule has 0 saturated heterocycles. The van der Waals surface area contributed by atoms with Gasteiger partial charge < -0.3 is 10.0 Å². The van der Waals surface area contributed by atoms with Crippen LogP contribution in [0, 0.1) is 12.7 Å². The minimum absolute atomic E-state index is 0.0699. The molecule has 4 aromatic rings. The summed E-state index contributed by atoms with van der Waals surface area (Å²) in [5, 5.41) is 3.01. The van der Waals surface area contributed by atoms with Crippen molar-refractivity contribution in [3.05, 3.63) is 90.6 Å². The molecule has 0 aliphatic heterocycles. The molecule has 0 radical (unpaired) electrons. The van der Waals surface area contributed by atoms with Crippen LogP contribution in [0.4, 0.5) is 21.6 Å². The Bertz CT molecular complexity index is 1760. The normalized spacial score (nSPS) is 12.1. The summed E-state index contributed by atoms with van der Waals surface area (Å²) < 4.78 is 33.5. The van der Waals surface area contributed by atoms with Crippen molar-refractivity contribution in [2.45, 2.75) is 40.7 Å². The molecule has 0 aliphatic rings. The Hall–Kier alpha value is -3.99. The molecular weight excluding hydrogens is 509 g/mol. The molecule has 11 heteroatoms. The zero-order valence-corrected chi connectivity index (χ0v) is 22.7. The van der Waals surface area contributed by atoms with E-state index in [9.17, 15) is 23.0 Å². The maximum atomic E-state index is 14.9. The summed E-state index contributed by atoms with van der Waals surface area (Å²) in [5.74, 6) is -0.0771. The first-order valence-electron chi connectivity index (χ1n) is 12.3. The van der Waals surface area contributed by atoms with Crippen LogP contribution in [0.2, 0.25) is 0 Å². The average molecular weight is 540 g/mol. The fraction of sp³-hybridized carbons (Fsp3) is 0.296. The number of fused-ring (bicyclic) bond motifs is 1. The fourth-order valence-electron chi connectivity index (χ4n) is 4.43. The summed E-state index contributed by atoms with van der Waals surface area (Å²) in [4.78, 5) is 40.6. The number of aryl methyl sites for hydroxylation is 2. The van der Waals surface area contributed by atoms with Crippen molar-refractivity contribution < 1.29 is 8.60 Å². The molecule has 0 fully saturated rings. The van der Waals surface area contributed by atoms with E-state index < -0.39 is 33.6 Å². The SMILES string of the molecule is CCc1ccc(Nc2c3c(=O)n(CC)c(=O)n(-c4cccc(NS(=O)CC)c4)c3c(C)c(=O)n2C)c(F)c1. The van der Waals surface area contributed by atoms with Crippen molar-refractivity contribution in [1.82, 2.24) is 13.7 Å². The highest BCUT2D eigenvalue weighted by Gasteiger charge is 2.23. The molecular formula is C27H30FN5O4S. The fourth-order valence-corrected chi connectivity index (χ4v) is 4.96. The summed E-state index contributed by atoms with van der Waals surface area (Å²) in [5.41, 5.74) is 0.407. The molecule has 38 heavy (non-hydrogen) atoms. The van der Waals surface area contributed by atoms with Crippen molar-refractivity contribution in [3.8, 4) is 5.69 Å². The summed E-state index contributed by atoms with van der Waals surface area (Å²) in [6.45, 7) is 6.98. The number of aromatic nitrogens is 3. The Balaban J connectivity index is 2.10. The smallest absolute Gasteiger partial charge is 0.336 e. The monoisotopic (exact) mass is 539 g/mol. The molecule has 1 unspecified atom stereocenters. The van der Waals surface area contributed by atoms with Gasteiger partial charge in [-0.25, -0.2) is 13.4 Å². The van der Waals surface area contributed by atoms with Crippen molar-refractivity contribution >= 4 is 39.1 Å². The number of rotatable bonds is 8. The minimum Gasteiger partial charge on any atom is -0.338 e. The lowest BCUT2D eigenvalue weighted by Gasteiger charge is -2.20. The van der Waals surface area contributed by atoms with Gasteiger partial charge in [0.1, 0.15) is 28.0 Å². The maximum absolute atomic E-state index is 14.9. The number of anilines is 3. The second-order valence-corrected chi connectivity index (χ2v) is 10.3. The van der Waals surface area contributed by atoms with E-state index in [1.807, 2.05) is 6.92 Å². The Labute approximate surface area is 221 Å². The van der Waals surface area contributed by atoms with Crippen molar-refractivity contribution in [2.75, 3.05) is 15.8 Å². The summed E-state index contributed by atoms with van der Waals surface area (Å²) in [6, 6.07) is 11.4. The molecule has 0 aliphatic carbocycles. The Kier molecular flexibility index (Phi) is 7.68. The van der Waals surface area contributed by atoms with Crippen LogP contribution in [-0.4, -0.2) is 23.7 Å². The van der Waals surface area contributed by atoms with Gasteiger partial charge in [-0.1, -0.05) is 26.0 Å². The van der Waals surface area contributed by atoms with E-state index >= 15 is 0 Å². The molecule has 9 nitrogen and oxygen atoms in total. The summed E-state index contributed by atoms with van der Waals surface area (Å²) >= 11 is 0. The van der Waals surface area contributed by atoms with Crippen molar-refractivity contribution in [1.29, 1.82) is 0 Å². The van der Waals surface area contributed by atoms with E-state index in [1.165, 1.54) is 22.2 Å². The molecule has 2 aromatic carbocycles. The molecule has 2 aromatic heterocycles. The first-order chi connectivity index (χ1) is 18.1. The minimum atomic E-state index is -1.32. The van der Waals surface area contributed by atoms with Gasteiger partial charge >= 0.3 is 5.69 Å². The zero-order chi connectivity index (χ0) is 27.7. The highest BCUT2D eigenvalue weighted by Crippen LogP contribution is 2.27. The second kappa shape index (κ2) is 10.8. The lowest BCUT2D eigenvalue weighted by molar-refractivity contribution is 0.629. The number of hydrogen-bond donors (Lipinski definition) is 2. The van der Waals surface area contributed by atoms with Crippen molar-refractivity contribution in [2.24, 2.45) is 7.05 Å². The van der Waals surface area contributed by atoms with Gasteiger partial charge in [-0.2, -0.15) is 0 Å². The number of halogens is 1. The van der Waals surface area contributed by atoms with E-state index in [0.29, 0.717) is 23.5 Å². The first-order valence-corrected chi connectivity index (χ1v) is 13.6. The third-order valence-corrected chi connectivity index (χ3v) is 7.49. The van der Waals surface area contributed by atoms with Crippen LogP contribution < -0.4 is 26.8 Å². The highest BCUT2D eigenvalue weighted by molar-refractivity contribution is 7.86. The van der Waals surface area contributed by atoms with Gasteiger partial charge in [0.15, 0.2) is 0 Å². The van der Waals surface area contributed by atoms with Gasteiger partial charge in [-0.05, 0) is 56.2 Å². The molecule has 0 bridgehead atoms. The molecule has 0 spiro atoms. The van der Waals surface area contributed by atoms with Crippen LogP contribution >= 0.6 is 0 Å². The van der Waals surface area contributed by atoms with E-state index in [-0.39, 0.29) is 34.5 Å². The number of pyridine rings is 1. The zero-order valence-electron chi connectivity index (χ0n) is 21.9. The number of hydrogen-bond acceptors (Lipinski definition) is 5. The molecule has 2 heterocycles. The van der Waals surface area contributed by atoms with Crippen molar-refractivity contribution in [3.63, 3.8) is 0 Å². The van der Waals surface area contributed by atoms with Crippen LogP contribution in [-0.2, 0) is 31.0 Å². The van der Waals surface area contributed by atoms with Gasteiger partial charge in [0, 0.05) is 30.6 Å². The van der Waals surface area contributed by atoms with Crippen LogP contribution in [0.3, 0.4) is 0 Å². The largest absolute Gasteiger partial charge is 0.338 e. The molecule has 4 rings (SSSR count). The lowest BCUT2D eigenvalue weighted by Crippen LogP contribution is -2.41. The second-order valence-electron chi connectivity index (χ2n) is 8.81. The maximum Gasteiger partial charge on any atom is 0.336 e. The lowest BCUT2D eigenvalue weighted by atomic mass is 10.1. The average Bonchev–Trinajstić information content (AvgIpc) is 2.91. The third-order valence-electron chi connectivity index (χ3n) is 6.50. The molecule has 0 amide bonds. The molecule has 2 N–H and O–H groups in total. The van der Waals surface area contributed by atoms with Gasteiger partial charge in [0.25, 0.3) is 11.1 Å². The first kappa shape index (κ1) is 27.1. The molecule has 0 saturated carbocycles. The van der Waals surface area contributed by atoms with Gasteiger partial charge in [0.2, 0.25) is 0 Å². The Morgan fingerprint density at radius 1 is 1.00 bits per heavy atom. The standard InChI is InChI=1S/C27H30FN5O4S/c1-6-17-12-13-21(20(28)14-17)29-24-22-23(16(4)25(34)31(24)5)33(27(36)32(7-2)26(22)35)19-11-9-10-18(15-19)30-38(37)8-3/h9-15,29-30H,6-8H2,1-5H3. The quantitative estimate of drug-likeness (QED) is 0.355. The third kappa shape index (κ3) is 4.69. The van der Waals surface area contributed by atoms with E-state index in [4.69, 9.17) is 0 Å². The van der Waals surface area contributed by atoms with Crippen LogP contribution in [0.25, 0.3) is 16.6 Å². The van der Waals surface area contributed by atoms with Crippen LogP contribution in [0.15, 0.2) is 56.8 Å². The predicted octanol–water partition coefficient (Wildman–Crippen LogP) is 3.72.